The highest BCUT2D eigenvalue weighted by Crippen LogP contribution is 2.40. The predicted octanol–water partition coefficient (Wildman–Crippen LogP) is 3.58. The van der Waals surface area contributed by atoms with Crippen molar-refractivity contribution in [3.8, 4) is 0 Å². The third kappa shape index (κ3) is 4.66. The van der Waals surface area contributed by atoms with Crippen LogP contribution in [0.25, 0.3) is 0 Å². The average Bonchev–Trinajstić information content (AvgIpc) is 3.31. The number of aromatic nitrogens is 2. The smallest absolute Gasteiger partial charge is 0.283 e. The molecule has 1 amide bonds. The van der Waals surface area contributed by atoms with E-state index in [0.29, 0.717) is 29.6 Å². The lowest BCUT2D eigenvalue weighted by Gasteiger charge is -2.22. The summed E-state index contributed by atoms with van der Waals surface area (Å²) in [6.45, 7) is 6.84. The fraction of sp³-hybridized carbons (Fsp3) is 0.500. The summed E-state index contributed by atoms with van der Waals surface area (Å²) < 4.78 is 31.0. The molecule has 1 saturated heterocycles. The Labute approximate surface area is 183 Å². The summed E-state index contributed by atoms with van der Waals surface area (Å²) in [5.41, 5.74) is 1.65. The van der Waals surface area contributed by atoms with E-state index in [1.54, 1.807) is 16.8 Å². The molecule has 1 aliphatic heterocycles. The quantitative estimate of drug-likeness (QED) is 0.762. The van der Waals surface area contributed by atoms with Crippen molar-refractivity contribution in [3.05, 3.63) is 41.7 Å². The highest BCUT2D eigenvalue weighted by molar-refractivity contribution is 7.90. The Morgan fingerprint density at radius 1 is 1.19 bits per heavy atom. The van der Waals surface area contributed by atoms with Crippen molar-refractivity contribution in [3.63, 3.8) is 0 Å². The van der Waals surface area contributed by atoms with Crippen molar-refractivity contribution in [2.24, 2.45) is 4.40 Å². The van der Waals surface area contributed by atoms with Crippen molar-refractivity contribution in [2.45, 2.75) is 62.8 Å². The average molecular weight is 444 g/mol. The van der Waals surface area contributed by atoms with Crippen molar-refractivity contribution in [2.75, 3.05) is 18.9 Å². The molecule has 31 heavy (non-hydrogen) atoms. The number of carbonyl (C=O) groups excluding carboxylic acids is 1. The molecule has 166 valence electrons. The number of nitrogens with zero attached hydrogens (tertiary/aromatic N) is 4. The van der Waals surface area contributed by atoms with E-state index in [1.165, 1.54) is 12.1 Å². The van der Waals surface area contributed by atoms with Crippen LogP contribution in [0.15, 0.2) is 39.6 Å². The van der Waals surface area contributed by atoms with Crippen LogP contribution in [0.1, 0.15) is 68.6 Å². The molecule has 1 saturated carbocycles. The van der Waals surface area contributed by atoms with Gasteiger partial charge in [-0.15, -0.1) is 4.40 Å². The Balaban J connectivity index is 1.53. The van der Waals surface area contributed by atoms with Crippen LogP contribution in [0, 0.1) is 0 Å². The number of hydrogen-bond donors (Lipinski definition) is 1. The third-order valence-electron chi connectivity index (χ3n) is 5.56. The minimum absolute atomic E-state index is 0.106. The first-order valence-corrected chi connectivity index (χ1v) is 12.1. The molecule has 0 atom stereocenters. The Bertz CT molecular complexity index is 1120. The lowest BCUT2D eigenvalue weighted by Crippen LogP contribution is -2.29. The monoisotopic (exact) mass is 443 g/mol. The van der Waals surface area contributed by atoms with Crippen molar-refractivity contribution < 1.29 is 13.2 Å². The van der Waals surface area contributed by atoms with Gasteiger partial charge in [-0.1, -0.05) is 0 Å². The van der Waals surface area contributed by atoms with Gasteiger partial charge in [0.2, 0.25) is 0 Å². The lowest BCUT2D eigenvalue weighted by atomic mass is 10.1. The Morgan fingerprint density at radius 3 is 2.42 bits per heavy atom. The SMILES string of the molecule is CN1CCC/C1=N/S(=O)(=O)c1ccc(NC(=O)c2cc(C3CC3)nn2C(C)(C)C)cc1. The molecule has 1 N–H and O–H groups in total. The van der Waals surface area contributed by atoms with Crippen molar-refractivity contribution >= 4 is 27.5 Å². The maximum atomic E-state index is 13.0. The maximum Gasteiger partial charge on any atom is 0.283 e. The molecule has 2 heterocycles. The highest BCUT2D eigenvalue weighted by atomic mass is 32.2. The van der Waals surface area contributed by atoms with Gasteiger partial charge in [-0.3, -0.25) is 9.48 Å². The van der Waals surface area contributed by atoms with Crippen LogP contribution in [-0.2, 0) is 15.6 Å². The van der Waals surface area contributed by atoms with Crippen LogP contribution in [0.2, 0.25) is 0 Å². The minimum Gasteiger partial charge on any atom is -0.362 e. The normalized spacial score (nSPS) is 18.6. The van der Waals surface area contributed by atoms with Crippen molar-refractivity contribution in [1.82, 2.24) is 14.7 Å². The molecular weight excluding hydrogens is 414 g/mol. The van der Waals surface area contributed by atoms with Crippen LogP contribution in [0.3, 0.4) is 0 Å². The van der Waals surface area contributed by atoms with Crippen LogP contribution >= 0.6 is 0 Å². The number of amidine groups is 1. The summed E-state index contributed by atoms with van der Waals surface area (Å²) in [5.74, 6) is 0.761. The molecule has 2 fully saturated rings. The predicted molar refractivity (Wildman–Crippen MR) is 120 cm³/mol. The molecule has 0 bridgehead atoms. The van der Waals surface area contributed by atoms with Crippen molar-refractivity contribution in [1.29, 1.82) is 0 Å². The van der Waals surface area contributed by atoms with Crippen LogP contribution in [0.4, 0.5) is 5.69 Å². The second-order valence-electron chi connectivity index (χ2n) is 9.30. The number of carbonyl (C=O) groups is 1. The Hall–Kier alpha value is -2.68. The highest BCUT2D eigenvalue weighted by Gasteiger charge is 2.31. The zero-order valence-electron chi connectivity index (χ0n) is 18.4. The van der Waals surface area contributed by atoms with E-state index in [-0.39, 0.29) is 16.3 Å². The van der Waals surface area contributed by atoms with E-state index in [0.717, 1.165) is 31.5 Å². The first kappa shape index (κ1) is 21.5. The zero-order chi connectivity index (χ0) is 22.4. The molecule has 2 aromatic rings. The molecule has 0 unspecified atom stereocenters. The van der Waals surface area contributed by atoms with Gasteiger partial charge >= 0.3 is 0 Å². The maximum absolute atomic E-state index is 13.0. The van der Waals surface area contributed by atoms with Gasteiger partial charge in [0.25, 0.3) is 15.9 Å². The molecule has 0 spiro atoms. The van der Waals surface area contributed by atoms with E-state index in [2.05, 4.69) is 14.8 Å². The molecule has 2 aliphatic rings. The van der Waals surface area contributed by atoms with Gasteiger partial charge < -0.3 is 10.2 Å². The molecule has 1 aromatic carbocycles. The molecule has 4 rings (SSSR count). The van der Waals surface area contributed by atoms with E-state index in [9.17, 15) is 13.2 Å². The van der Waals surface area contributed by atoms with Crippen LogP contribution in [-0.4, -0.2) is 48.4 Å². The molecule has 9 heteroatoms. The van der Waals surface area contributed by atoms with Gasteiger partial charge in [-0.2, -0.15) is 13.5 Å². The topological polar surface area (TPSA) is 96.7 Å². The summed E-state index contributed by atoms with van der Waals surface area (Å²) in [7, 11) is -1.94. The summed E-state index contributed by atoms with van der Waals surface area (Å²) >= 11 is 0. The van der Waals surface area contributed by atoms with Gasteiger partial charge in [-0.05, 0) is 70.4 Å². The lowest BCUT2D eigenvalue weighted by molar-refractivity contribution is 0.100. The number of sulfonamides is 1. The first-order valence-electron chi connectivity index (χ1n) is 10.6. The number of anilines is 1. The summed E-state index contributed by atoms with van der Waals surface area (Å²) in [6, 6.07) is 7.98. The summed E-state index contributed by atoms with van der Waals surface area (Å²) in [6.07, 6.45) is 3.79. The van der Waals surface area contributed by atoms with E-state index >= 15 is 0 Å². The van der Waals surface area contributed by atoms with Crippen LogP contribution in [0.5, 0.6) is 0 Å². The number of likely N-dealkylation sites (tertiary alicyclic amines) is 1. The molecule has 0 radical (unpaired) electrons. The summed E-state index contributed by atoms with van der Waals surface area (Å²) in [5, 5.41) is 7.53. The van der Waals surface area contributed by atoms with Gasteiger partial charge in [0, 0.05) is 31.6 Å². The first-order chi connectivity index (χ1) is 14.5. The van der Waals surface area contributed by atoms with E-state index in [1.807, 2.05) is 38.8 Å². The molecule has 1 aromatic heterocycles. The second-order valence-corrected chi connectivity index (χ2v) is 10.9. The van der Waals surface area contributed by atoms with E-state index in [4.69, 9.17) is 0 Å². The largest absolute Gasteiger partial charge is 0.362 e. The molecule has 8 nitrogen and oxygen atoms in total. The van der Waals surface area contributed by atoms with Crippen LogP contribution < -0.4 is 5.32 Å². The zero-order valence-corrected chi connectivity index (χ0v) is 19.2. The second kappa shape index (κ2) is 7.78. The summed E-state index contributed by atoms with van der Waals surface area (Å²) in [4.78, 5) is 14.9. The number of amides is 1. The number of nitrogens with one attached hydrogen (secondary N) is 1. The number of benzene rings is 1. The fourth-order valence-corrected chi connectivity index (χ4v) is 4.75. The minimum atomic E-state index is -3.78. The van der Waals surface area contributed by atoms with Gasteiger partial charge in [0.15, 0.2) is 0 Å². The molecule has 1 aliphatic carbocycles. The van der Waals surface area contributed by atoms with Gasteiger partial charge in [0.1, 0.15) is 11.5 Å². The standard InChI is InChI=1S/C22H29N5O3S/c1-22(2,3)27-19(14-18(24-27)15-7-8-15)21(28)23-16-9-11-17(12-10-16)31(29,30)25-20-6-5-13-26(20)4/h9-12,14-15H,5-8,13H2,1-4H3,(H,23,28)/b25-20-. The number of rotatable bonds is 5. The Morgan fingerprint density at radius 2 is 1.87 bits per heavy atom. The van der Waals surface area contributed by atoms with Gasteiger partial charge in [-0.25, -0.2) is 0 Å². The Kier molecular flexibility index (Phi) is 5.41. The van der Waals surface area contributed by atoms with E-state index < -0.39 is 10.0 Å². The molecular formula is C22H29N5O3S. The fourth-order valence-electron chi connectivity index (χ4n) is 3.66. The third-order valence-corrected chi connectivity index (χ3v) is 6.88. The number of hydrogen-bond acceptors (Lipinski definition) is 4. The van der Waals surface area contributed by atoms with Gasteiger partial charge in [0.05, 0.1) is 16.1 Å².